The molecule has 34 heavy (non-hydrogen) atoms. The van der Waals surface area contributed by atoms with Crippen LogP contribution >= 0.6 is 0 Å². The standard InChI is InChI=1S/C24H27N7O3/c1-3-12-30-22-20(23(33)31(13-4-2)24(30)34)28-21(29-22)16-10-11-18(25-14-16)26-15-19(32)27-17-8-6-5-7-9-17/h5-11,14H,3-4,12-13,15H2,1-2H3,(H,25,26)(H,27,32)(H,28,29). The number of fused-ring (bicyclic) bond motifs is 1. The van der Waals surface area contributed by atoms with Crippen molar-refractivity contribution in [3.63, 3.8) is 0 Å². The predicted octanol–water partition coefficient (Wildman–Crippen LogP) is 2.82. The second-order valence-corrected chi connectivity index (χ2v) is 7.87. The average Bonchev–Trinajstić information content (AvgIpc) is 3.30. The van der Waals surface area contributed by atoms with Gasteiger partial charge in [-0.05, 0) is 37.1 Å². The van der Waals surface area contributed by atoms with E-state index in [4.69, 9.17) is 0 Å². The van der Waals surface area contributed by atoms with Crippen LogP contribution in [0.15, 0.2) is 58.3 Å². The maximum Gasteiger partial charge on any atom is 0.332 e. The Labute approximate surface area is 195 Å². The monoisotopic (exact) mass is 461 g/mol. The smallest absolute Gasteiger partial charge is 0.332 e. The fourth-order valence-electron chi connectivity index (χ4n) is 3.69. The summed E-state index contributed by atoms with van der Waals surface area (Å²) in [6.45, 7) is 4.77. The van der Waals surface area contributed by atoms with Crippen LogP contribution in [0.1, 0.15) is 26.7 Å². The van der Waals surface area contributed by atoms with Gasteiger partial charge in [-0.25, -0.2) is 14.8 Å². The Hall–Kier alpha value is -4.21. The molecule has 3 aromatic heterocycles. The number of benzene rings is 1. The molecule has 1 aromatic carbocycles. The molecule has 0 saturated heterocycles. The molecule has 0 bridgehead atoms. The molecule has 0 spiro atoms. The van der Waals surface area contributed by atoms with Crippen LogP contribution in [0.5, 0.6) is 0 Å². The summed E-state index contributed by atoms with van der Waals surface area (Å²) in [6, 6.07) is 12.7. The lowest BCUT2D eigenvalue weighted by molar-refractivity contribution is -0.114. The third kappa shape index (κ3) is 4.75. The summed E-state index contributed by atoms with van der Waals surface area (Å²) in [7, 11) is 0. The molecule has 0 fully saturated rings. The Balaban J connectivity index is 1.54. The first kappa shape index (κ1) is 23.0. The maximum atomic E-state index is 12.9. The van der Waals surface area contributed by atoms with E-state index in [0.717, 1.165) is 12.1 Å². The maximum absolute atomic E-state index is 12.9. The average molecular weight is 462 g/mol. The highest BCUT2D eigenvalue weighted by Crippen LogP contribution is 2.19. The first-order valence-electron chi connectivity index (χ1n) is 11.3. The minimum absolute atomic E-state index is 0.0617. The van der Waals surface area contributed by atoms with Crippen molar-refractivity contribution >= 4 is 28.6 Å². The summed E-state index contributed by atoms with van der Waals surface area (Å²) in [5.74, 6) is 0.786. The largest absolute Gasteiger partial charge is 0.361 e. The van der Waals surface area contributed by atoms with Gasteiger partial charge in [0.25, 0.3) is 5.56 Å². The number of rotatable bonds is 9. The van der Waals surface area contributed by atoms with E-state index in [2.05, 4.69) is 25.6 Å². The zero-order chi connectivity index (χ0) is 24.1. The molecule has 0 aliphatic rings. The van der Waals surface area contributed by atoms with E-state index in [1.54, 1.807) is 22.9 Å². The Bertz CT molecular complexity index is 1400. The minimum atomic E-state index is -0.372. The van der Waals surface area contributed by atoms with Crippen molar-refractivity contribution in [3.8, 4) is 11.4 Å². The van der Waals surface area contributed by atoms with Crippen molar-refractivity contribution in [1.82, 2.24) is 24.1 Å². The second kappa shape index (κ2) is 10.2. The number of amides is 1. The summed E-state index contributed by atoms with van der Waals surface area (Å²) in [4.78, 5) is 49.8. The SMILES string of the molecule is CCCn1c(=O)c2[nH]c(-c3ccc(NCC(=O)Nc4ccccc4)nc3)nc2n(CCC)c1=O. The Morgan fingerprint density at radius 2 is 1.74 bits per heavy atom. The van der Waals surface area contributed by atoms with Crippen LogP contribution in [0.25, 0.3) is 22.6 Å². The third-order valence-electron chi connectivity index (χ3n) is 5.28. The highest BCUT2D eigenvalue weighted by molar-refractivity contribution is 5.93. The molecule has 0 unspecified atom stereocenters. The highest BCUT2D eigenvalue weighted by atomic mass is 16.2. The second-order valence-electron chi connectivity index (χ2n) is 7.87. The van der Waals surface area contributed by atoms with Crippen molar-refractivity contribution in [2.45, 2.75) is 39.8 Å². The number of nitrogens with zero attached hydrogens (tertiary/aromatic N) is 4. The molecule has 10 heteroatoms. The zero-order valence-electron chi connectivity index (χ0n) is 19.2. The molecule has 10 nitrogen and oxygen atoms in total. The van der Waals surface area contributed by atoms with Crippen molar-refractivity contribution in [1.29, 1.82) is 0 Å². The van der Waals surface area contributed by atoms with E-state index in [1.165, 1.54) is 4.57 Å². The number of aromatic amines is 1. The number of H-pyrrole nitrogens is 1. The summed E-state index contributed by atoms with van der Waals surface area (Å²) in [5.41, 5.74) is 1.32. The lowest BCUT2D eigenvalue weighted by Gasteiger charge is -2.09. The fraction of sp³-hybridized carbons (Fsp3) is 0.292. The number of pyridine rings is 1. The van der Waals surface area contributed by atoms with Gasteiger partial charge in [0.2, 0.25) is 5.91 Å². The minimum Gasteiger partial charge on any atom is -0.361 e. The van der Waals surface area contributed by atoms with Crippen LogP contribution in [-0.4, -0.2) is 36.5 Å². The van der Waals surface area contributed by atoms with Gasteiger partial charge in [-0.1, -0.05) is 32.0 Å². The molecule has 3 heterocycles. The molecular formula is C24H27N7O3. The van der Waals surface area contributed by atoms with E-state index in [-0.39, 0.29) is 23.7 Å². The van der Waals surface area contributed by atoms with Gasteiger partial charge in [-0.2, -0.15) is 0 Å². The van der Waals surface area contributed by atoms with Gasteiger partial charge in [-0.15, -0.1) is 0 Å². The quantitative estimate of drug-likeness (QED) is 0.352. The molecule has 4 aromatic rings. The number of aromatic nitrogens is 5. The summed E-state index contributed by atoms with van der Waals surface area (Å²) in [5, 5.41) is 5.78. The van der Waals surface area contributed by atoms with Gasteiger partial charge in [0, 0.05) is 30.5 Å². The first-order chi connectivity index (χ1) is 16.5. The van der Waals surface area contributed by atoms with Crippen LogP contribution in [0.2, 0.25) is 0 Å². The molecular weight excluding hydrogens is 434 g/mol. The van der Waals surface area contributed by atoms with Gasteiger partial charge in [0.05, 0.1) is 6.54 Å². The number of hydrogen-bond acceptors (Lipinski definition) is 6. The third-order valence-corrected chi connectivity index (χ3v) is 5.28. The van der Waals surface area contributed by atoms with Crippen molar-refractivity contribution < 1.29 is 4.79 Å². The molecule has 1 amide bonds. The first-order valence-corrected chi connectivity index (χ1v) is 11.3. The van der Waals surface area contributed by atoms with Crippen molar-refractivity contribution in [3.05, 3.63) is 69.5 Å². The molecule has 0 aliphatic heterocycles. The van der Waals surface area contributed by atoms with Gasteiger partial charge in [0.15, 0.2) is 5.65 Å². The van der Waals surface area contributed by atoms with Gasteiger partial charge in [0.1, 0.15) is 17.2 Å². The Kier molecular flexibility index (Phi) is 6.86. The lowest BCUT2D eigenvalue weighted by Crippen LogP contribution is -2.40. The summed E-state index contributed by atoms with van der Waals surface area (Å²) < 4.78 is 2.80. The van der Waals surface area contributed by atoms with E-state index >= 15 is 0 Å². The Morgan fingerprint density at radius 1 is 1.00 bits per heavy atom. The predicted molar refractivity (Wildman–Crippen MR) is 132 cm³/mol. The number of para-hydroxylation sites is 1. The lowest BCUT2D eigenvalue weighted by atomic mass is 10.2. The summed E-state index contributed by atoms with van der Waals surface area (Å²) in [6.07, 6.45) is 3.01. The number of anilines is 2. The van der Waals surface area contributed by atoms with Crippen LogP contribution in [0, 0.1) is 0 Å². The number of aryl methyl sites for hydroxylation is 1. The molecule has 3 N–H and O–H groups in total. The van der Waals surface area contributed by atoms with Gasteiger partial charge in [-0.3, -0.25) is 18.7 Å². The van der Waals surface area contributed by atoms with Gasteiger partial charge < -0.3 is 15.6 Å². The van der Waals surface area contributed by atoms with Crippen LogP contribution in [0.4, 0.5) is 11.5 Å². The number of carbonyl (C=O) groups excluding carboxylic acids is 1. The zero-order valence-corrected chi connectivity index (χ0v) is 19.2. The number of hydrogen-bond donors (Lipinski definition) is 3. The number of imidazole rings is 1. The Morgan fingerprint density at radius 3 is 2.41 bits per heavy atom. The van der Waals surface area contributed by atoms with E-state index in [9.17, 15) is 14.4 Å². The molecule has 0 atom stereocenters. The molecule has 176 valence electrons. The summed E-state index contributed by atoms with van der Waals surface area (Å²) >= 11 is 0. The normalized spacial score (nSPS) is 11.0. The van der Waals surface area contributed by atoms with E-state index in [0.29, 0.717) is 47.9 Å². The van der Waals surface area contributed by atoms with E-state index < -0.39 is 0 Å². The highest BCUT2D eigenvalue weighted by Gasteiger charge is 2.17. The topological polar surface area (TPSA) is 127 Å². The van der Waals surface area contributed by atoms with Crippen LogP contribution < -0.4 is 21.9 Å². The molecule has 0 saturated carbocycles. The number of nitrogens with one attached hydrogen (secondary N) is 3. The fourth-order valence-corrected chi connectivity index (χ4v) is 3.69. The number of carbonyl (C=O) groups is 1. The van der Waals surface area contributed by atoms with Crippen LogP contribution in [0.3, 0.4) is 0 Å². The molecule has 0 radical (unpaired) electrons. The van der Waals surface area contributed by atoms with E-state index in [1.807, 2.05) is 44.2 Å². The van der Waals surface area contributed by atoms with Gasteiger partial charge >= 0.3 is 5.69 Å². The van der Waals surface area contributed by atoms with Crippen molar-refractivity contribution in [2.75, 3.05) is 17.2 Å². The van der Waals surface area contributed by atoms with Crippen molar-refractivity contribution in [2.24, 2.45) is 0 Å². The van der Waals surface area contributed by atoms with Crippen LogP contribution in [-0.2, 0) is 17.9 Å². The molecule has 0 aliphatic carbocycles. The molecule has 4 rings (SSSR count).